The second-order valence-electron chi connectivity index (χ2n) is 6.42. The maximum atomic E-state index is 12.5. The van der Waals surface area contributed by atoms with Gasteiger partial charge in [0.25, 0.3) is 0 Å². The molecular weight excluding hydrogens is 308 g/mol. The molecule has 0 saturated carbocycles. The van der Waals surface area contributed by atoms with E-state index in [4.69, 9.17) is 9.05 Å². The number of hydrogen-bond donors (Lipinski definition) is 0. The minimum absolute atomic E-state index is 0.102. The largest absolute Gasteiger partial charge is 0.361 e. The number of aromatic nitrogens is 2. The van der Waals surface area contributed by atoms with E-state index in [1.165, 1.54) is 0 Å². The normalized spacial score (nSPS) is 16.4. The number of rotatable bonds is 4. The van der Waals surface area contributed by atoms with Gasteiger partial charge in [0.1, 0.15) is 11.5 Å². The third-order valence-electron chi connectivity index (χ3n) is 4.51. The maximum Gasteiger partial charge on any atom is 0.230 e. The van der Waals surface area contributed by atoms with Gasteiger partial charge in [0, 0.05) is 44.4 Å². The average molecular weight is 332 g/mol. The van der Waals surface area contributed by atoms with E-state index in [9.17, 15) is 4.79 Å². The van der Waals surface area contributed by atoms with E-state index < -0.39 is 0 Å². The van der Waals surface area contributed by atoms with Gasteiger partial charge < -0.3 is 13.9 Å². The molecule has 0 unspecified atom stereocenters. The van der Waals surface area contributed by atoms with Crippen LogP contribution in [0.2, 0.25) is 0 Å². The van der Waals surface area contributed by atoms with Crippen LogP contribution in [0.4, 0.5) is 0 Å². The van der Waals surface area contributed by atoms with E-state index in [1.54, 1.807) is 0 Å². The molecule has 0 aromatic carbocycles. The molecule has 24 heavy (non-hydrogen) atoms. The van der Waals surface area contributed by atoms with Crippen LogP contribution in [-0.2, 0) is 17.8 Å². The number of carbonyl (C=O) groups excluding carboxylic acids is 1. The zero-order valence-electron chi connectivity index (χ0n) is 14.5. The molecule has 1 aliphatic rings. The van der Waals surface area contributed by atoms with Gasteiger partial charge in [0.15, 0.2) is 0 Å². The smallest absolute Gasteiger partial charge is 0.230 e. The molecule has 1 aliphatic heterocycles. The average Bonchev–Trinajstić information content (AvgIpc) is 2.99. The Balaban J connectivity index is 1.55. The van der Waals surface area contributed by atoms with E-state index in [2.05, 4.69) is 15.2 Å². The lowest BCUT2D eigenvalue weighted by molar-refractivity contribution is -0.130. The summed E-state index contributed by atoms with van der Waals surface area (Å²) in [4.78, 5) is 16.7. The Bertz CT molecular complexity index is 687. The minimum Gasteiger partial charge on any atom is -0.361 e. The molecule has 7 nitrogen and oxygen atoms in total. The molecular formula is C17H24N4O3. The van der Waals surface area contributed by atoms with Crippen molar-refractivity contribution in [2.45, 2.75) is 40.2 Å². The Hall–Kier alpha value is -2.15. The molecule has 2 aromatic heterocycles. The molecule has 1 fully saturated rings. The Morgan fingerprint density at radius 1 is 1.12 bits per heavy atom. The zero-order chi connectivity index (χ0) is 17.1. The summed E-state index contributed by atoms with van der Waals surface area (Å²) in [5.41, 5.74) is 2.91. The predicted molar refractivity (Wildman–Crippen MR) is 87.4 cm³/mol. The van der Waals surface area contributed by atoms with Crippen molar-refractivity contribution < 1.29 is 13.8 Å². The quantitative estimate of drug-likeness (QED) is 0.851. The SMILES string of the molecule is Cc1cc(CC(=O)N2CCCN(Cc3c(C)noc3C)CC2)on1. The van der Waals surface area contributed by atoms with Crippen molar-refractivity contribution in [3.8, 4) is 0 Å². The Morgan fingerprint density at radius 3 is 2.62 bits per heavy atom. The molecule has 1 saturated heterocycles. The predicted octanol–water partition coefficient (Wildman–Crippen LogP) is 1.86. The Kier molecular flexibility index (Phi) is 4.99. The summed E-state index contributed by atoms with van der Waals surface area (Å²) in [6.07, 6.45) is 1.25. The fourth-order valence-electron chi connectivity index (χ4n) is 3.09. The number of hydrogen-bond acceptors (Lipinski definition) is 6. The highest BCUT2D eigenvalue weighted by Crippen LogP contribution is 2.16. The molecule has 0 bridgehead atoms. The van der Waals surface area contributed by atoms with Crippen LogP contribution in [0.15, 0.2) is 15.1 Å². The molecule has 7 heteroatoms. The van der Waals surface area contributed by atoms with Crippen LogP contribution >= 0.6 is 0 Å². The second kappa shape index (κ2) is 7.17. The molecule has 1 amide bonds. The fraction of sp³-hybridized carbons (Fsp3) is 0.588. The first kappa shape index (κ1) is 16.7. The summed E-state index contributed by atoms with van der Waals surface area (Å²) >= 11 is 0. The summed E-state index contributed by atoms with van der Waals surface area (Å²) in [6.45, 7) is 9.93. The van der Waals surface area contributed by atoms with Crippen molar-refractivity contribution in [1.29, 1.82) is 0 Å². The highest BCUT2D eigenvalue weighted by Gasteiger charge is 2.22. The topological polar surface area (TPSA) is 75.6 Å². The lowest BCUT2D eigenvalue weighted by atomic mass is 10.2. The van der Waals surface area contributed by atoms with Gasteiger partial charge in [-0.15, -0.1) is 0 Å². The van der Waals surface area contributed by atoms with E-state index in [0.29, 0.717) is 5.76 Å². The minimum atomic E-state index is 0.102. The van der Waals surface area contributed by atoms with Gasteiger partial charge in [-0.1, -0.05) is 10.3 Å². The van der Waals surface area contributed by atoms with Gasteiger partial charge >= 0.3 is 0 Å². The van der Waals surface area contributed by atoms with E-state index >= 15 is 0 Å². The lowest BCUT2D eigenvalue weighted by Crippen LogP contribution is -2.36. The summed E-state index contributed by atoms with van der Waals surface area (Å²) in [5.74, 6) is 1.62. The van der Waals surface area contributed by atoms with Crippen molar-refractivity contribution in [2.75, 3.05) is 26.2 Å². The summed E-state index contributed by atoms with van der Waals surface area (Å²) in [5, 5.41) is 7.85. The van der Waals surface area contributed by atoms with Gasteiger partial charge in [-0.05, 0) is 27.2 Å². The highest BCUT2D eigenvalue weighted by atomic mass is 16.5. The van der Waals surface area contributed by atoms with E-state index in [-0.39, 0.29) is 12.3 Å². The fourth-order valence-corrected chi connectivity index (χ4v) is 3.09. The monoisotopic (exact) mass is 332 g/mol. The van der Waals surface area contributed by atoms with Crippen molar-refractivity contribution in [3.05, 3.63) is 34.5 Å². The summed E-state index contributed by atoms with van der Waals surface area (Å²) in [7, 11) is 0. The molecule has 2 aromatic rings. The van der Waals surface area contributed by atoms with Crippen molar-refractivity contribution in [1.82, 2.24) is 20.1 Å². The second-order valence-corrected chi connectivity index (χ2v) is 6.42. The van der Waals surface area contributed by atoms with Crippen LogP contribution < -0.4 is 0 Å². The number of carbonyl (C=O) groups is 1. The number of amides is 1. The van der Waals surface area contributed by atoms with Crippen LogP contribution in [0.1, 0.15) is 34.9 Å². The van der Waals surface area contributed by atoms with Gasteiger partial charge in [-0.3, -0.25) is 9.69 Å². The third kappa shape index (κ3) is 3.84. The Labute approximate surface area is 141 Å². The van der Waals surface area contributed by atoms with Gasteiger partial charge in [-0.2, -0.15) is 0 Å². The Morgan fingerprint density at radius 2 is 1.96 bits per heavy atom. The van der Waals surface area contributed by atoms with Gasteiger partial charge in [0.05, 0.1) is 17.8 Å². The van der Waals surface area contributed by atoms with Crippen LogP contribution in [0.25, 0.3) is 0 Å². The standard InChI is InChI=1S/C17H24N4O3/c1-12-9-15(24-18-12)10-17(22)21-6-4-5-20(7-8-21)11-16-13(2)19-23-14(16)3/h9H,4-8,10-11H2,1-3H3. The van der Waals surface area contributed by atoms with Crippen LogP contribution in [0.3, 0.4) is 0 Å². The molecule has 0 N–H and O–H groups in total. The first-order valence-electron chi connectivity index (χ1n) is 8.37. The summed E-state index contributed by atoms with van der Waals surface area (Å²) in [6, 6.07) is 1.82. The molecule has 0 atom stereocenters. The van der Waals surface area contributed by atoms with Crippen molar-refractivity contribution in [3.63, 3.8) is 0 Å². The van der Waals surface area contributed by atoms with Gasteiger partial charge in [0.2, 0.25) is 5.91 Å². The number of aryl methyl sites for hydroxylation is 3. The van der Waals surface area contributed by atoms with E-state index in [1.807, 2.05) is 31.7 Å². The first-order valence-corrected chi connectivity index (χ1v) is 8.37. The molecule has 0 radical (unpaired) electrons. The van der Waals surface area contributed by atoms with Crippen LogP contribution in [0.5, 0.6) is 0 Å². The van der Waals surface area contributed by atoms with Crippen molar-refractivity contribution in [2.24, 2.45) is 0 Å². The highest BCUT2D eigenvalue weighted by molar-refractivity contribution is 5.78. The first-order chi connectivity index (χ1) is 11.5. The zero-order valence-corrected chi connectivity index (χ0v) is 14.5. The van der Waals surface area contributed by atoms with E-state index in [0.717, 1.165) is 61.9 Å². The molecule has 0 aliphatic carbocycles. The van der Waals surface area contributed by atoms with Crippen LogP contribution in [-0.4, -0.2) is 52.2 Å². The molecule has 130 valence electrons. The van der Waals surface area contributed by atoms with Gasteiger partial charge in [-0.25, -0.2) is 0 Å². The number of nitrogens with zero attached hydrogens (tertiary/aromatic N) is 4. The third-order valence-corrected chi connectivity index (χ3v) is 4.51. The lowest BCUT2D eigenvalue weighted by Gasteiger charge is -2.21. The summed E-state index contributed by atoms with van der Waals surface area (Å²) < 4.78 is 10.4. The molecule has 3 rings (SSSR count). The molecule has 0 spiro atoms. The van der Waals surface area contributed by atoms with Crippen LogP contribution in [0, 0.1) is 20.8 Å². The maximum absolute atomic E-state index is 12.5. The molecule has 3 heterocycles. The van der Waals surface area contributed by atoms with Crippen molar-refractivity contribution >= 4 is 5.91 Å².